The van der Waals surface area contributed by atoms with Crippen molar-refractivity contribution in [3.63, 3.8) is 0 Å². The number of hydrogen-bond acceptors (Lipinski definition) is 3. The van der Waals surface area contributed by atoms with E-state index in [-0.39, 0.29) is 5.91 Å². The number of H-pyrrole nitrogens is 1. The molecule has 5 heteroatoms. The summed E-state index contributed by atoms with van der Waals surface area (Å²) in [6.45, 7) is 2.99. The molecule has 0 saturated heterocycles. The third kappa shape index (κ3) is 2.40. The van der Waals surface area contributed by atoms with Crippen LogP contribution in [0.5, 0.6) is 0 Å². The number of nitrogens with zero attached hydrogens (tertiary/aromatic N) is 3. The van der Waals surface area contributed by atoms with Crippen molar-refractivity contribution in [2.75, 3.05) is 6.54 Å². The topological polar surface area (TPSA) is 61.9 Å². The Labute approximate surface area is 107 Å². The lowest BCUT2D eigenvalue weighted by atomic mass is 10.3. The smallest absolute Gasteiger partial charge is 0.293 e. The molecule has 2 fully saturated rings. The zero-order valence-electron chi connectivity index (χ0n) is 10.9. The lowest BCUT2D eigenvalue weighted by molar-refractivity contribution is 0.0728. The molecule has 5 nitrogen and oxygen atoms in total. The van der Waals surface area contributed by atoms with Crippen molar-refractivity contribution in [2.24, 2.45) is 0 Å². The van der Waals surface area contributed by atoms with Gasteiger partial charge in [0.15, 0.2) is 0 Å². The van der Waals surface area contributed by atoms with Crippen molar-refractivity contribution in [3.8, 4) is 0 Å². The van der Waals surface area contributed by atoms with Crippen LogP contribution in [0.2, 0.25) is 0 Å². The normalized spacial score (nSPS) is 18.9. The highest BCUT2D eigenvalue weighted by Crippen LogP contribution is 2.38. The van der Waals surface area contributed by atoms with Crippen LogP contribution < -0.4 is 0 Å². The molecule has 0 aliphatic heterocycles. The number of aromatic amines is 1. The molecule has 18 heavy (non-hydrogen) atoms. The Balaban J connectivity index is 1.69. The van der Waals surface area contributed by atoms with Crippen LogP contribution >= 0.6 is 0 Å². The summed E-state index contributed by atoms with van der Waals surface area (Å²) in [6.07, 6.45) is 6.78. The fourth-order valence-electron chi connectivity index (χ4n) is 2.20. The second-order valence-corrected chi connectivity index (χ2v) is 5.40. The second-order valence-electron chi connectivity index (χ2n) is 5.40. The fourth-order valence-corrected chi connectivity index (χ4v) is 2.20. The second kappa shape index (κ2) is 4.71. The zero-order valence-corrected chi connectivity index (χ0v) is 10.9. The number of nitrogens with one attached hydrogen (secondary N) is 1. The van der Waals surface area contributed by atoms with E-state index in [9.17, 15) is 4.79 Å². The molecule has 2 aliphatic carbocycles. The number of carbonyl (C=O) groups excluding carboxylic acids is 1. The number of amides is 1. The molecule has 0 bridgehead atoms. The van der Waals surface area contributed by atoms with Crippen LogP contribution in [0, 0.1) is 0 Å². The van der Waals surface area contributed by atoms with E-state index in [0.29, 0.717) is 17.8 Å². The quantitative estimate of drug-likeness (QED) is 0.838. The molecule has 0 spiro atoms. The molecule has 1 aromatic heterocycles. The predicted octanol–water partition coefficient (Wildman–Crippen LogP) is 2.09. The van der Waals surface area contributed by atoms with Crippen LogP contribution in [0.3, 0.4) is 0 Å². The van der Waals surface area contributed by atoms with Gasteiger partial charge in [0.2, 0.25) is 5.82 Å². The summed E-state index contributed by atoms with van der Waals surface area (Å²) in [5.74, 6) is 1.78. The number of hydrogen-bond donors (Lipinski definition) is 1. The maximum absolute atomic E-state index is 12.4. The standard InChI is InChI=1S/C13H20N4O/c1-2-3-8-17(10-6-7-10)13(18)12-14-11(15-16-12)9-4-5-9/h9-10H,2-8H2,1H3,(H,14,15,16). The zero-order chi connectivity index (χ0) is 12.5. The molecule has 0 aromatic carbocycles. The van der Waals surface area contributed by atoms with Gasteiger partial charge in [0.05, 0.1) is 0 Å². The fraction of sp³-hybridized carbons (Fsp3) is 0.769. The van der Waals surface area contributed by atoms with Crippen molar-refractivity contribution >= 4 is 5.91 Å². The lowest BCUT2D eigenvalue weighted by Crippen LogP contribution is -2.34. The molecule has 0 radical (unpaired) electrons. The Hall–Kier alpha value is -1.39. The van der Waals surface area contributed by atoms with Gasteiger partial charge >= 0.3 is 0 Å². The van der Waals surface area contributed by atoms with Crippen LogP contribution in [0.15, 0.2) is 0 Å². The molecule has 0 atom stereocenters. The van der Waals surface area contributed by atoms with Crippen LogP contribution in [0.1, 0.15) is 67.8 Å². The van der Waals surface area contributed by atoms with Crippen molar-refractivity contribution < 1.29 is 4.79 Å². The van der Waals surface area contributed by atoms with E-state index >= 15 is 0 Å². The molecule has 2 saturated carbocycles. The van der Waals surface area contributed by atoms with E-state index in [1.54, 1.807) is 0 Å². The van der Waals surface area contributed by atoms with Gasteiger partial charge in [-0.25, -0.2) is 4.98 Å². The van der Waals surface area contributed by atoms with Gasteiger partial charge in [-0.1, -0.05) is 13.3 Å². The SMILES string of the molecule is CCCCN(C(=O)c1n[nH]c(C2CC2)n1)C1CC1. The molecule has 1 amide bonds. The summed E-state index contributed by atoms with van der Waals surface area (Å²) in [4.78, 5) is 18.7. The maximum atomic E-state index is 12.4. The average Bonchev–Trinajstić information content (AvgIpc) is 3.29. The molecule has 1 heterocycles. The minimum atomic E-state index is 0.00843. The Morgan fingerprint density at radius 2 is 2.17 bits per heavy atom. The molecule has 0 unspecified atom stereocenters. The van der Waals surface area contributed by atoms with Crippen molar-refractivity contribution in [1.29, 1.82) is 0 Å². The lowest BCUT2D eigenvalue weighted by Gasteiger charge is -2.20. The third-order valence-electron chi connectivity index (χ3n) is 3.66. The van der Waals surface area contributed by atoms with E-state index in [2.05, 4.69) is 22.1 Å². The van der Waals surface area contributed by atoms with Crippen molar-refractivity contribution in [2.45, 2.75) is 57.4 Å². The van der Waals surface area contributed by atoms with E-state index in [1.807, 2.05) is 4.90 Å². The van der Waals surface area contributed by atoms with Crippen LogP contribution in [-0.4, -0.2) is 38.6 Å². The number of unbranched alkanes of at least 4 members (excludes halogenated alkanes) is 1. The van der Waals surface area contributed by atoms with Gasteiger partial charge in [-0.2, -0.15) is 0 Å². The first kappa shape index (κ1) is 11.7. The monoisotopic (exact) mass is 248 g/mol. The highest BCUT2D eigenvalue weighted by atomic mass is 16.2. The first-order valence-electron chi connectivity index (χ1n) is 7.03. The number of rotatable bonds is 6. The largest absolute Gasteiger partial charge is 0.333 e. The minimum Gasteiger partial charge on any atom is -0.333 e. The minimum absolute atomic E-state index is 0.00843. The van der Waals surface area contributed by atoms with E-state index in [1.165, 1.54) is 12.8 Å². The predicted molar refractivity (Wildman–Crippen MR) is 67.3 cm³/mol. The Bertz CT molecular complexity index is 434. The summed E-state index contributed by atoms with van der Waals surface area (Å²) >= 11 is 0. The summed E-state index contributed by atoms with van der Waals surface area (Å²) in [6, 6.07) is 0.437. The third-order valence-corrected chi connectivity index (χ3v) is 3.66. The van der Waals surface area contributed by atoms with Gasteiger partial charge in [0.1, 0.15) is 5.82 Å². The van der Waals surface area contributed by atoms with Crippen LogP contribution in [0.25, 0.3) is 0 Å². The van der Waals surface area contributed by atoms with Crippen LogP contribution in [0.4, 0.5) is 0 Å². The molecular weight excluding hydrogens is 228 g/mol. The van der Waals surface area contributed by atoms with Gasteiger partial charge in [0, 0.05) is 18.5 Å². The first-order chi connectivity index (χ1) is 8.79. The molecule has 1 N–H and O–H groups in total. The van der Waals surface area contributed by atoms with Gasteiger partial charge in [-0.3, -0.25) is 9.89 Å². The van der Waals surface area contributed by atoms with Crippen LogP contribution in [-0.2, 0) is 0 Å². The number of carbonyl (C=O) groups is 1. The van der Waals surface area contributed by atoms with Gasteiger partial charge in [0.25, 0.3) is 5.91 Å². The molecule has 1 aromatic rings. The van der Waals surface area contributed by atoms with Crippen molar-refractivity contribution in [1.82, 2.24) is 20.1 Å². The highest BCUT2D eigenvalue weighted by molar-refractivity contribution is 5.90. The summed E-state index contributed by atoms with van der Waals surface area (Å²) in [7, 11) is 0. The molecule has 2 aliphatic rings. The van der Waals surface area contributed by atoms with E-state index < -0.39 is 0 Å². The summed E-state index contributed by atoms with van der Waals surface area (Å²) in [5, 5.41) is 7.00. The van der Waals surface area contributed by atoms with Gasteiger partial charge in [-0.15, -0.1) is 5.10 Å². The molecular formula is C13H20N4O. The molecule has 98 valence electrons. The Kier molecular flexibility index (Phi) is 3.06. The van der Waals surface area contributed by atoms with Gasteiger partial charge < -0.3 is 4.90 Å². The maximum Gasteiger partial charge on any atom is 0.293 e. The van der Waals surface area contributed by atoms with Crippen molar-refractivity contribution in [3.05, 3.63) is 11.6 Å². The average molecular weight is 248 g/mol. The van der Waals surface area contributed by atoms with E-state index in [0.717, 1.165) is 38.1 Å². The summed E-state index contributed by atoms with van der Waals surface area (Å²) < 4.78 is 0. The Morgan fingerprint density at radius 3 is 2.78 bits per heavy atom. The molecule has 3 rings (SSSR count). The number of aromatic nitrogens is 3. The van der Waals surface area contributed by atoms with E-state index in [4.69, 9.17) is 0 Å². The highest BCUT2D eigenvalue weighted by Gasteiger charge is 2.35. The summed E-state index contributed by atoms with van der Waals surface area (Å²) in [5.41, 5.74) is 0. The Morgan fingerprint density at radius 1 is 1.39 bits per heavy atom. The first-order valence-corrected chi connectivity index (χ1v) is 7.03. The van der Waals surface area contributed by atoms with Gasteiger partial charge in [-0.05, 0) is 32.1 Å².